The van der Waals surface area contributed by atoms with Crippen LogP contribution in [0.25, 0.3) is 11.3 Å². The van der Waals surface area contributed by atoms with E-state index in [1.165, 1.54) is 46.4 Å². The van der Waals surface area contributed by atoms with Gasteiger partial charge < -0.3 is 10.1 Å². The molecule has 176 valence electrons. The van der Waals surface area contributed by atoms with Crippen molar-refractivity contribution >= 4 is 17.0 Å². The third-order valence-electron chi connectivity index (χ3n) is 7.97. The Morgan fingerprint density at radius 3 is 2.74 bits per heavy atom. The zero-order valence-corrected chi connectivity index (χ0v) is 20.3. The van der Waals surface area contributed by atoms with E-state index in [9.17, 15) is 0 Å². The van der Waals surface area contributed by atoms with E-state index in [-0.39, 0.29) is 12.0 Å². The largest absolute Gasteiger partial charge is 0.442 e. The highest BCUT2D eigenvalue weighted by Gasteiger charge is 2.41. The van der Waals surface area contributed by atoms with Gasteiger partial charge in [0.2, 0.25) is 11.4 Å². The van der Waals surface area contributed by atoms with Crippen LogP contribution in [-0.4, -0.2) is 18.3 Å². The SMILES string of the molecule is C=CC1=NC2C(=C)[n+]3ccc4c(c3C3=C(CCC2c2ccccc21)CNC(=C)OC3=C)CCCC4. The van der Waals surface area contributed by atoms with Crippen LogP contribution in [0.1, 0.15) is 59.5 Å². The number of hydrogen-bond donors (Lipinski definition) is 1. The number of hydrogen-bond acceptors (Lipinski definition) is 3. The van der Waals surface area contributed by atoms with Gasteiger partial charge in [-0.25, -0.2) is 0 Å². The van der Waals surface area contributed by atoms with Crippen LogP contribution in [0, 0.1) is 0 Å². The van der Waals surface area contributed by atoms with Crippen molar-refractivity contribution in [3.63, 3.8) is 0 Å². The molecule has 0 radical (unpaired) electrons. The lowest BCUT2D eigenvalue weighted by Crippen LogP contribution is -2.44. The molecule has 2 aromatic rings. The number of allylic oxidation sites excluding steroid dienone is 2. The van der Waals surface area contributed by atoms with Crippen molar-refractivity contribution in [2.45, 2.75) is 50.5 Å². The molecule has 0 saturated carbocycles. The fourth-order valence-electron chi connectivity index (χ4n) is 6.31. The van der Waals surface area contributed by atoms with E-state index >= 15 is 0 Å². The number of nitrogens with one attached hydrogen (secondary N) is 1. The van der Waals surface area contributed by atoms with Crippen LogP contribution in [0.15, 0.2) is 91.1 Å². The van der Waals surface area contributed by atoms with Gasteiger partial charge in [0.25, 0.3) is 0 Å². The van der Waals surface area contributed by atoms with E-state index in [1.807, 2.05) is 6.08 Å². The van der Waals surface area contributed by atoms with E-state index < -0.39 is 0 Å². The van der Waals surface area contributed by atoms with Crippen LogP contribution in [-0.2, 0) is 17.6 Å². The van der Waals surface area contributed by atoms with Crippen LogP contribution >= 0.6 is 0 Å². The van der Waals surface area contributed by atoms with Crippen molar-refractivity contribution in [2.24, 2.45) is 4.99 Å². The number of fused-ring (bicyclic) bond motifs is 7. The molecule has 0 spiro atoms. The van der Waals surface area contributed by atoms with E-state index in [2.05, 4.69) is 72.7 Å². The van der Waals surface area contributed by atoms with Gasteiger partial charge in [0.1, 0.15) is 11.8 Å². The normalized spacial score (nSPS) is 23.4. The third kappa shape index (κ3) is 3.51. The predicted octanol–water partition coefficient (Wildman–Crippen LogP) is 5.62. The van der Waals surface area contributed by atoms with Gasteiger partial charge in [-0.1, -0.05) is 37.4 Å². The Labute approximate surface area is 207 Å². The second-order valence-corrected chi connectivity index (χ2v) is 9.91. The van der Waals surface area contributed by atoms with Gasteiger partial charge in [0.15, 0.2) is 12.1 Å². The van der Waals surface area contributed by atoms with Crippen molar-refractivity contribution in [1.82, 2.24) is 5.32 Å². The molecule has 4 aliphatic rings. The maximum absolute atomic E-state index is 6.07. The summed E-state index contributed by atoms with van der Waals surface area (Å²) in [6.45, 7) is 17.9. The highest BCUT2D eigenvalue weighted by atomic mass is 16.5. The van der Waals surface area contributed by atoms with Gasteiger partial charge in [-0.15, -0.1) is 0 Å². The Hall–Kier alpha value is -3.66. The standard InChI is InChI=1S/C31H32N3O/c1-5-28-26-13-9-8-12-25(26)27-15-14-23-18-32-21(4)35-20(3)29(23)31-24-11-7-6-10-22(24)16-17-34(31)19(2)30(27)33-28/h5,8-9,12-13,16-17,27,30,32H,1-4,6-7,10-11,14-15,18H2/q+1. The van der Waals surface area contributed by atoms with Gasteiger partial charge in [0.05, 0.1) is 11.3 Å². The average molecular weight is 463 g/mol. The minimum Gasteiger partial charge on any atom is -0.442 e. The second-order valence-electron chi connectivity index (χ2n) is 9.91. The number of aryl methyl sites for hydroxylation is 1. The molecule has 35 heavy (non-hydrogen) atoms. The van der Waals surface area contributed by atoms with Crippen LogP contribution in [0.4, 0.5) is 0 Å². The summed E-state index contributed by atoms with van der Waals surface area (Å²) in [7, 11) is 0. The lowest BCUT2D eigenvalue weighted by Gasteiger charge is -2.30. The fourth-order valence-corrected chi connectivity index (χ4v) is 6.31. The van der Waals surface area contributed by atoms with E-state index in [4.69, 9.17) is 9.73 Å². The van der Waals surface area contributed by atoms with Crippen molar-refractivity contribution < 1.29 is 9.30 Å². The molecule has 1 aromatic carbocycles. The number of pyridine rings is 1. The lowest BCUT2D eigenvalue weighted by molar-refractivity contribution is -0.587. The van der Waals surface area contributed by atoms with Crippen molar-refractivity contribution in [3.05, 3.63) is 114 Å². The first-order chi connectivity index (χ1) is 17.1. The average Bonchev–Trinajstić information content (AvgIpc) is 2.99. The Balaban J connectivity index is 1.62. The Morgan fingerprint density at radius 1 is 1.06 bits per heavy atom. The van der Waals surface area contributed by atoms with Crippen molar-refractivity contribution in [3.8, 4) is 0 Å². The van der Waals surface area contributed by atoms with Gasteiger partial charge >= 0.3 is 0 Å². The number of benzene rings is 1. The number of rotatable bonds is 1. The van der Waals surface area contributed by atoms with Gasteiger partial charge in [0, 0.05) is 29.7 Å². The topological polar surface area (TPSA) is 37.5 Å². The molecule has 4 nitrogen and oxygen atoms in total. The monoisotopic (exact) mass is 462 g/mol. The maximum atomic E-state index is 6.07. The van der Waals surface area contributed by atoms with Crippen molar-refractivity contribution in [2.75, 3.05) is 6.54 Å². The molecule has 0 fully saturated rings. The van der Waals surface area contributed by atoms with Crippen molar-refractivity contribution in [1.29, 1.82) is 0 Å². The molecule has 1 aliphatic carbocycles. The third-order valence-corrected chi connectivity index (χ3v) is 7.97. The van der Waals surface area contributed by atoms with Gasteiger partial charge in [-0.05, 0) is 74.5 Å². The summed E-state index contributed by atoms with van der Waals surface area (Å²) in [5.41, 5.74) is 10.9. The Kier molecular flexibility index (Phi) is 5.32. The molecule has 0 saturated heterocycles. The smallest absolute Gasteiger partial charge is 0.225 e. The summed E-state index contributed by atoms with van der Waals surface area (Å²) in [5.74, 6) is 1.44. The number of aromatic nitrogens is 1. The zero-order chi connectivity index (χ0) is 24.1. The fraction of sp³-hybridized carbons (Fsp3) is 0.290. The predicted molar refractivity (Wildman–Crippen MR) is 142 cm³/mol. The molecule has 4 heterocycles. The lowest BCUT2D eigenvalue weighted by atomic mass is 9.79. The van der Waals surface area contributed by atoms with E-state index in [0.717, 1.165) is 42.7 Å². The molecule has 1 aromatic heterocycles. The maximum Gasteiger partial charge on any atom is 0.225 e. The molecule has 6 rings (SSSR count). The summed E-state index contributed by atoms with van der Waals surface area (Å²) in [6, 6.07) is 10.8. The highest BCUT2D eigenvalue weighted by Crippen LogP contribution is 2.43. The first kappa shape index (κ1) is 21.8. The summed E-state index contributed by atoms with van der Waals surface area (Å²) in [4.78, 5) is 5.24. The molecular weight excluding hydrogens is 430 g/mol. The first-order valence-corrected chi connectivity index (χ1v) is 12.6. The van der Waals surface area contributed by atoms with Crippen LogP contribution < -0.4 is 9.88 Å². The molecule has 4 heteroatoms. The molecule has 0 bridgehead atoms. The molecule has 2 atom stereocenters. The Bertz CT molecular complexity index is 1360. The molecule has 1 N–H and O–H groups in total. The van der Waals surface area contributed by atoms with Gasteiger partial charge in [-0.2, -0.15) is 4.57 Å². The van der Waals surface area contributed by atoms with Gasteiger partial charge in [-0.3, -0.25) is 4.99 Å². The molecular formula is C31H32N3O+. The quantitative estimate of drug-likeness (QED) is 0.559. The minimum atomic E-state index is -0.0658. The Morgan fingerprint density at radius 2 is 1.89 bits per heavy atom. The molecule has 0 amide bonds. The first-order valence-electron chi connectivity index (χ1n) is 12.6. The number of ether oxygens (including phenoxy) is 1. The number of aliphatic imine (C=N–C) groups is 1. The summed E-state index contributed by atoms with van der Waals surface area (Å²) in [6.07, 6.45) is 10.5. The zero-order valence-electron chi connectivity index (χ0n) is 20.3. The minimum absolute atomic E-state index is 0.0658. The van der Waals surface area contributed by atoms with Crippen LogP contribution in [0.2, 0.25) is 0 Å². The summed E-state index contributed by atoms with van der Waals surface area (Å²) >= 11 is 0. The van der Waals surface area contributed by atoms with Crippen LogP contribution in [0.5, 0.6) is 0 Å². The summed E-state index contributed by atoms with van der Waals surface area (Å²) in [5, 5.41) is 3.36. The van der Waals surface area contributed by atoms with Crippen LogP contribution in [0.3, 0.4) is 0 Å². The second kappa shape index (κ2) is 8.53. The molecule has 3 aliphatic heterocycles. The highest BCUT2D eigenvalue weighted by molar-refractivity contribution is 6.10. The molecule has 2 unspecified atom stereocenters. The van der Waals surface area contributed by atoms with E-state index in [0.29, 0.717) is 18.2 Å². The number of nitrogens with zero attached hydrogens (tertiary/aromatic N) is 2. The van der Waals surface area contributed by atoms with E-state index in [1.54, 1.807) is 0 Å². The summed E-state index contributed by atoms with van der Waals surface area (Å²) < 4.78 is 8.35.